The van der Waals surface area contributed by atoms with Gasteiger partial charge in [0.15, 0.2) is 11.7 Å². The van der Waals surface area contributed by atoms with Crippen LogP contribution in [0.2, 0.25) is 0 Å². The van der Waals surface area contributed by atoms with Crippen LogP contribution in [0.15, 0.2) is 45.6 Å². The number of anilines is 1. The van der Waals surface area contributed by atoms with Crippen molar-refractivity contribution in [1.82, 2.24) is 29.1 Å². The highest BCUT2D eigenvalue weighted by atomic mass is 16.6. The molecular weight excluding hydrogens is 694 g/mol. The van der Waals surface area contributed by atoms with Crippen molar-refractivity contribution < 1.29 is 33.4 Å². The predicted molar refractivity (Wildman–Crippen MR) is 200 cm³/mol. The Morgan fingerprint density at radius 3 is 2.31 bits per heavy atom. The summed E-state index contributed by atoms with van der Waals surface area (Å²) in [6.07, 6.45) is 2.18. The van der Waals surface area contributed by atoms with Gasteiger partial charge in [-0.25, -0.2) is 14.4 Å². The maximum absolute atomic E-state index is 14.2. The molecule has 3 fully saturated rings. The summed E-state index contributed by atoms with van der Waals surface area (Å²) in [6, 6.07) is 11.7. The van der Waals surface area contributed by atoms with E-state index in [0.717, 1.165) is 67.8 Å². The first-order valence-electron chi connectivity index (χ1n) is 19.2. The number of carboxylic acids is 1. The minimum atomic E-state index is -1.08. The van der Waals surface area contributed by atoms with Crippen LogP contribution in [0.1, 0.15) is 48.8 Å². The molecule has 1 atom stereocenters. The first-order valence-corrected chi connectivity index (χ1v) is 19.2. The minimum absolute atomic E-state index is 0.0231. The number of piperazine rings is 1. The van der Waals surface area contributed by atoms with Gasteiger partial charge in [0.05, 0.1) is 11.9 Å². The molecule has 15 heteroatoms. The number of likely N-dealkylation sites (tertiary alicyclic amines) is 2. The lowest BCUT2D eigenvalue weighted by molar-refractivity contribution is -0.143. The van der Waals surface area contributed by atoms with E-state index in [4.69, 9.17) is 14.3 Å². The molecule has 4 aliphatic heterocycles. The Bertz CT molecular complexity index is 1920. The molecule has 0 spiro atoms. The SMILES string of the molecule is Cc1cc(CC(OC(=O)N2CCC(N3CCc4ccccc4NC3=O)CC2)C(=O)N2CCC(N3CCN(CCC(=O)O)CC3)CC2)cc2oc(=O)n(C)c12. The molecule has 4 aliphatic rings. The summed E-state index contributed by atoms with van der Waals surface area (Å²) in [7, 11) is 1.65. The van der Waals surface area contributed by atoms with Gasteiger partial charge in [-0.05, 0) is 67.9 Å². The van der Waals surface area contributed by atoms with Crippen molar-refractivity contribution >= 4 is 40.8 Å². The number of carbonyl (C=O) groups excluding carboxylic acids is 3. The van der Waals surface area contributed by atoms with Gasteiger partial charge in [-0.2, -0.15) is 0 Å². The summed E-state index contributed by atoms with van der Waals surface area (Å²) >= 11 is 0. The van der Waals surface area contributed by atoms with Crippen molar-refractivity contribution in [1.29, 1.82) is 0 Å². The number of carbonyl (C=O) groups is 4. The van der Waals surface area contributed by atoms with Gasteiger partial charge in [0.25, 0.3) is 5.91 Å². The third kappa shape index (κ3) is 8.26. The number of hydrogen-bond donors (Lipinski definition) is 2. The summed E-state index contributed by atoms with van der Waals surface area (Å²) in [5.41, 5.74) is 4.58. The average Bonchev–Trinajstić information content (AvgIpc) is 3.35. The fraction of sp³-hybridized carbons (Fsp3) is 0.564. The second-order valence-electron chi connectivity index (χ2n) is 15.1. The van der Waals surface area contributed by atoms with Crippen LogP contribution in [0.5, 0.6) is 0 Å². The number of para-hydroxylation sites is 1. The van der Waals surface area contributed by atoms with Crippen molar-refractivity contribution in [3.8, 4) is 0 Å². The van der Waals surface area contributed by atoms with Gasteiger partial charge in [0.2, 0.25) is 0 Å². The van der Waals surface area contributed by atoms with Crippen LogP contribution < -0.4 is 11.1 Å². The number of aryl methyl sites for hydroxylation is 2. The van der Waals surface area contributed by atoms with E-state index in [-0.39, 0.29) is 30.8 Å². The van der Waals surface area contributed by atoms with E-state index in [9.17, 15) is 24.0 Å². The van der Waals surface area contributed by atoms with Crippen molar-refractivity contribution in [2.24, 2.45) is 7.05 Å². The van der Waals surface area contributed by atoms with Gasteiger partial charge in [0, 0.05) is 96.7 Å². The van der Waals surface area contributed by atoms with Crippen LogP contribution in [0.25, 0.3) is 11.1 Å². The lowest BCUT2D eigenvalue weighted by atomic mass is 9.99. The Morgan fingerprint density at radius 1 is 0.907 bits per heavy atom. The highest BCUT2D eigenvalue weighted by Gasteiger charge is 2.37. The molecule has 0 saturated carbocycles. The van der Waals surface area contributed by atoms with E-state index in [1.54, 1.807) is 22.9 Å². The maximum atomic E-state index is 14.2. The molecule has 3 saturated heterocycles. The number of urea groups is 1. The summed E-state index contributed by atoms with van der Waals surface area (Å²) in [5.74, 6) is -1.50. The predicted octanol–water partition coefficient (Wildman–Crippen LogP) is 3.13. The Labute approximate surface area is 314 Å². The number of ether oxygens (including phenoxy) is 1. The molecule has 54 heavy (non-hydrogen) atoms. The number of hydrogen-bond acceptors (Lipinski definition) is 9. The number of nitrogens with zero attached hydrogens (tertiary/aromatic N) is 6. The summed E-state index contributed by atoms with van der Waals surface area (Å²) in [6.45, 7) is 8.29. The molecule has 0 radical (unpaired) electrons. The molecule has 1 unspecified atom stereocenters. The van der Waals surface area contributed by atoms with Gasteiger partial charge < -0.3 is 39.2 Å². The van der Waals surface area contributed by atoms with Crippen molar-refractivity contribution in [2.75, 3.05) is 70.8 Å². The number of piperidine rings is 2. The number of aromatic nitrogens is 1. The van der Waals surface area contributed by atoms with Crippen molar-refractivity contribution in [3.63, 3.8) is 0 Å². The van der Waals surface area contributed by atoms with Crippen LogP contribution in [-0.2, 0) is 34.2 Å². The van der Waals surface area contributed by atoms with Crippen LogP contribution in [-0.4, -0.2) is 142 Å². The van der Waals surface area contributed by atoms with Gasteiger partial charge in [-0.1, -0.05) is 24.3 Å². The van der Waals surface area contributed by atoms with E-state index < -0.39 is 23.9 Å². The monoisotopic (exact) mass is 745 g/mol. The molecule has 1 aromatic heterocycles. The molecule has 15 nitrogen and oxygen atoms in total. The smallest absolute Gasteiger partial charge is 0.419 e. The molecule has 3 aromatic rings. The Kier molecular flexibility index (Phi) is 11.2. The van der Waals surface area contributed by atoms with Gasteiger partial charge in [0.1, 0.15) is 0 Å². The topological polar surface area (TPSA) is 161 Å². The molecule has 0 aliphatic carbocycles. The number of benzene rings is 2. The third-order valence-corrected chi connectivity index (χ3v) is 11.7. The zero-order valence-corrected chi connectivity index (χ0v) is 31.2. The van der Waals surface area contributed by atoms with Crippen molar-refractivity contribution in [3.05, 3.63) is 63.6 Å². The molecular formula is C39H51N7O8. The second kappa shape index (κ2) is 16.2. The summed E-state index contributed by atoms with van der Waals surface area (Å²) in [5, 5.41) is 12.1. The zero-order valence-electron chi connectivity index (χ0n) is 31.2. The molecule has 0 bridgehead atoms. The quantitative estimate of drug-likeness (QED) is 0.333. The number of carboxylic acid groups (broad SMARTS) is 1. The minimum Gasteiger partial charge on any atom is -0.481 e. The Morgan fingerprint density at radius 2 is 1.59 bits per heavy atom. The van der Waals surface area contributed by atoms with Gasteiger partial charge in [-0.3, -0.25) is 19.1 Å². The van der Waals surface area contributed by atoms with Crippen LogP contribution in [0.3, 0.4) is 0 Å². The molecule has 2 aromatic carbocycles. The van der Waals surface area contributed by atoms with Crippen LogP contribution >= 0.6 is 0 Å². The molecule has 2 N–H and O–H groups in total. The van der Waals surface area contributed by atoms with Crippen LogP contribution in [0.4, 0.5) is 15.3 Å². The average molecular weight is 746 g/mol. The lowest BCUT2D eigenvalue weighted by Gasteiger charge is -2.43. The second-order valence-corrected chi connectivity index (χ2v) is 15.1. The van der Waals surface area contributed by atoms with E-state index in [0.29, 0.717) is 69.3 Å². The number of aliphatic carboxylic acids is 1. The highest BCUT2D eigenvalue weighted by molar-refractivity contribution is 5.91. The summed E-state index contributed by atoms with van der Waals surface area (Å²) < 4.78 is 13.0. The van der Waals surface area contributed by atoms with E-state index in [2.05, 4.69) is 15.1 Å². The highest BCUT2D eigenvalue weighted by Crippen LogP contribution is 2.27. The number of oxazole rings is 1. The fourth-order valence-electron chi connectivity index (χ4n) is 8.65. The van der Waals surface area contributed by atoms with Gasteiger partial charge >= 0.3 is 23.8 Å². The Hall–Kier alpha value is -4.89. The van der Waals surface area contributed by atoms with Crippen LogP contribution in [0, 0.1) is 6.92 Å². The molecule has 4 amide bonds. The van der Waals surface area contributed by atoms with Crippen molar-refractivity contribution in [2.45, 2.75) is 70.1 Å². The molecule has 5 heterocycles. The standard InChI is InChI=1S/C39H51N7O8/c1-26-23-27(24-32-35(26)41(2)38(51)53-32)25-33(36(49)44-14-8-29(9-15-44)43-21-19-42(20-22-43)13-12-34(47)48)54-39(52)45-16-10-30(11-17-45)46-18-7-28-5-3-4-6-31(28)40-37(46)50/h3-6,23-24,29-30,33H,7-22,25H2,1-2H3,(H,40,50)(H,47,48). The number of amides is 4. The fourth-order valence-corrected chi connectivity index (χ4v) is 8.65. The third-order valence-electron chi connectivity index (χ3n) is 11.7. The normalized spacial score (nSPS) is 20.0. The number of rotatable bonds is 9. The molecule has 290 valence electrons. The van der Waals surface area contributed by atoms with E-state index in [1.165, 1.54) is 4.57 Å². The first-order chi connectivity index (χ1) is 26.0. The molecule has 7 rings (SSSR count). The summed E-state index contributed by atoms with van der Waals surface area (Å²) in [4.78, 5) is 74.4. The number of nitrogens with one attached hydrogen (secondary N) is 1. The maximum Gasteiger partial charge on any atom is 0.419 e. The Balaban J connectivity index is 0.991. The largest absolute Gasteiger partial charge is 0.481 e. The number of fused-ring (bicyclic) bond motifs is 2. The van der Waals surface area contributed by atoms with E-state index in [1.807, 2.05) is 42.2 Å². The zero-order chi connectivity index (χ0) is 37.9. The lowest BCUT2D eigenvalue weighted by Crippen LogP contribution is -2.55. The van der Waals surface area contributed by atoms with E-state index >= 15 is 0 Å². The first kappa shape index (κ1) is 37.4. The van der Waals surface area contributed by atoms with Gasteiger partial charge in [-0.15, -0.1) is 0 Å².